The fraction of sp³-hybridized carbons (Fsp3) is 0.667. The van der Waals surface area contributed by atoms with Crippen molar-refractivity contribution in [3.8, 4) is 5.75 Å². The Morgan fingerprint density at radius 3 is 2.43 bits per heavy atom. The molecule has 8 heteroatoms. The predicted molar refractivity (Wildman–Crippen MR) is 181 cm³/mol. The van der Waals surface area contributed by atoms with E-state index in [-0.39, 0.29) is 12.5 Å². The maximum Gasteiger partial charge on any atom is 0.352 e. The van der Waals surface area contributed by atoms with E-state index in [1.165, 1.54) is 58.3 Å². The molecule has 1 N–H and O–H groups in total. The van der Waals surface area contributed by atoms with Crippen LogP contribution in [-0.4, -0.2) is 65.7 Å². The number of likely N-dealkylation sites (N-methyl/N-ethyl adjacent to an activating group) is 1. The van der Waals surface area contributed by atoms with Gasteiger partial charge in [0.05, 0.1) is 16.6 Å². The molecule has 1 aromatic carbocycles. The molecular weight excluding hydrogens is 594 g/mol. The Morgan fingerprint density at radius 1 is 1.04 bits per heavy atom. The van der Waals surface area contributed by atoms with E-state index in [4.69, 9.17) is 14.2 Å². The van der Waals surface area contributed by atoms with Crippen molar-refractivity contribution in [1.29, 1.82) is 0 Å². The number of ether oxygens (including phenoxy) is 3. The van der Waals surface area contributed by atoms with Crippen molar-refractivity contribution < 1.29 is 33.7 Å². The van der Waals surface area contributed by atoms with E-state index in [0.717, 1.165) is 56.1 Å². The van der Waals surface area contributed by atoms with Crippen molar-refractivity contribution in [2.45, 2.75) is 152 Å². The van der Waals surface area contributed by atoms with Crippen molar-refractivity contribution in [2.24, 2.45) is 0 Å². The van der Waals surface area contributed by atoms with Gasteiger partial charge in [0.2, 0.25) is 0 Å². The number of allylic oxidation sites excluding steroid dienone is 2. The fourth-order valence-corrected chi connectivity index (χ4v) is 8.41. The van der Waals surface area contributed by atoms with Gasteiger partial charge in [-0.15, -0.1) is 0 Å². The molecule has 2 heterocycles. The minimum atomic E-state index is -1.14. The number of carbonyl (C=O) groups excluding carboxylic acids is 3. The van der Waals surface area contributed by atoms with E-state index in [9.17, 15) is 19.5 Å². The van der Waals surface area contributed by atoms with Gasteiger partial charge in [0.1, 0.15) is 11.5 Å². The molecule has 5 rings (SSSR count). The molecule has 0 amide bonds. The van der Waals surface area contributed by atoms with Crippen LogP contribution < -0.4 is 4.74 Å². The zero-order valence-electron chi connectivity index (χ0n) is 28.8. The summed E-state index contributed by atoms with van der Waals surface area (Å²) < 4.78 is 17.8. The molecule has 8 nitrogen and oxygen atoms in total. The molecule has 0 radical (unpaired) electrons. The van der Waals surface area contributed by atoms with E-state index in [0.29, 0.717) is 36.3 Å². The average molecular weight is 650 g/mol. The van der Waals surface area contributed by atoms with E-state index in [2.05, 4.69) is 24.0 Å². The van der Waals surface area contributed by atoms with Gasteiger partial charge in [0, 0.05) is 24.4 Å². The highest BCUT2D eigenvalue weighted by molar-refractivity contribution is 5.83. The number of likely N-dealkylation sites (tertiary alicyclic amines) is 1. The zero-order chi connectivity index (χ0) is 33.4. The number of nitrogens with zero attached hydrogens (tertiary/aromatic N) is 1. The summed E-state index contributed by atoms with van der Waals surface area (Å²) in [5.41, 5.74) is 0.388. The Labute approximate surface area is 280 Å². The molecule has 1 aromatic rings. The van der Waals surface area contributed by atoms with Crippen LogP contribution in [0.3, 0.4) is 0 Å². The van der Waals surface area contributed by atoms with Crippen LogP contribution in [0.15, 0.2) is 36.1 Å². The lowest BCUT2D eigenvalue weighted by molar-refractivity contribution is -0.175. The van der Waals surface area contributed by atoms with Gasteiger partial charge in [-0.1, -0.05) is 76.5 Å². The van der Waals surface area contributed by atoms with E-state index < -0.39 is 35.2 Å². The first-order valence-electron chi connectivity index (χ1n) is 18.2. The fourth-order valence-electron chi connectivity index (χ4n) is 8.41. The Morgan fingerprint density at radius 2 is 1.72 bits per heavy atom. The van der Waals surface area contributed by atoms with Crippen LogP contribution in [0.4, 0.5) is 0 Å². The number of esters is 2. The minimum absolute atomic E-state index is 0.132. The van der Waals surface area contributed by atoms with Gasteiger partial charge in [0.25, 0.3) is 0 Å². The molecule has 0 aromatic heterocycles. The summed E-state index contributed by atoms with van der Waals surface area (Å²) in [4.78, 5) is 39.9. The quantitative estimate of drug-likeness (QED) is 0.0722. The van der Waals surface area contributed by atoms with Crippen molar-refractivity contribution in [2.75, 3.05) is 13.6 Å². The smallest absolute Gasteiger partial charge is 0.352 e. The van der Waals surface area contributed by atoms with Gasteiger partial charge in [-0.25, -0.2) is 4.79 Å². The van der Waals surface area contributed by atoms with Crippen LogP contribution >= 0.6 is 0 Å². The van der Waals surface area contributed by atoms with E-state index in [1.54, 1.807) is 12.1 Å². The number of aliphatic hydroxyl groups is 1. The Kier molecular flexibility index (Phi) is 12.0. The van der Waals surface area contributed by atoms with Crippen molar-refractivity contribution >= 4 is 18.2 Å². The maximum atomic E-state index is 13.2. The third-order valence-corrected chi connectivity index (χ3v) is 11.0. The summed E-state index contributed by atoms with van der Waals surface area (Å²) in [7, 11) is 2.03. The second-order valence-electron chi connectivity index (χ2n) is 14.2. The number of carbonyl (C=O) groups is 3. The molecule has 2 aliphatic heterocycles. The molecule has 1 spiro atoms. The predicted octanol–water partition coefficient (Wildman–Crippen LogP) is 7.29. The lowest BCUT2D eigenvalue weighted by Gasteiger charge is -2.61. The first-order valence-corrected chi connectivity index (χ1v) is 18.2. The SMILES string of the molecule is CCCCCCCC/C=C\CCCCCCCC(=O)O[C@@H](C)C(=O)OC1=CC[C@@]2(O)[C@H]3Cc4ccc(C=O)c5c4[C@@]2(CCN3C)[C@H]1O5. The summed E-state index contributed by atoms with van der Waals surface area (Å²) in [5.74, 6) is -0.296. The van der Waals surface area contributed by atoms with Crippen LogP contribution in [0.5, 0.6) is 5.75 Å². The average Bonchev–Trinajstić information content (AvgIpc) is 3.42. The topological polar surface area (TPSA) is 102 Å². The molecule has 258 valence electrons. The third-order valence-electron chi connectivity index (χ3n) is 11.0. The summed E-state index contributed by atoms with van der Waals surface area (Å²) >= 11 is 0. The van der Waals surface area contributed by atoms with Gasteiger partial charge >= 0.3 is 11.9 Å². The molecule has 5 atom stereocenters. The van der Waals surface area contributed by atoms with Crippen LogP contribution in [0, 0.1) is 0 Å². The van der Waals surface area contributed by atoms with E-state index in [1.807, 2.05) is 13.1 Å². The lowest BCUT2D eigenvalue weighted by atomic mass is 9.50. The molecule has 0 unspecified atom stereocenters. The van der Waals surface area contributed by atoms with Crippen molar-refractivity contribution in [3.05, 3.63) is 52.8 Å². The first kappa shape index (κ1) is 35.3. The number of hydrogen-bond acceptors (Lipinski definition) is 8. The molecule has 1 saturated heterocycles. The second kappa shape index (κ2) is 16.0. The second-order valence-corrected chi connectivity index (χ2v) is 14.2. The number of hydrogen-bond donors (Lipinski definition) is 1. The highest BCUT2D eigenvalue weighted by atomic mass is 16.6. The Hall–Kier alpha value is -2.97. The molecule has 1 fully saturated rings. The zero-order valence-corrected chi connectivity index (χ0v) is 28.8. The molecule has 4 aliphatic rings. The molecule has 2 bridgehead atoms. The summed E-state index contributed by atoms with van der Waals surface area (Å²) in [5, 5.41) is 12.3. The molecule has 2 aliphatic carbocycles. The van der Waals surface area contributed by atoms with Crippen molar-refractivity contribution in [1.82, 2.24) is 4.90 Å². The van der Waals surface area contributed by atoms with Crippen LogP contribution in [-0.2, 0) is 30.9 Å². The number of benzene rings is 1. The Bertz CT molecular complexity index is 1340. The van der Waals surface area contributed by atoms with Gasteiger partial charge in [-0.3, -0.25) is 9.59 Å². The molecular formula is C39H55NO7. The number of unbranched alkanes of at least 4 members (excludes halogenated alkanes) is 11. The van der Waals surface area contributed by atoms with Crippen LogP contribution in [0.1, 0.15) is 138 Å². The number of rotatable bonds is 19. The number of piperidine rings is 1. The summed E-state index contributed by atoms with van der Waals surface area (Å²) in [6.45, 7) is 4.51. The normalized spacial score (nSPS) is 26.3. The van der Waals surface area contributed by atoms with Gasteiger partial charge in [-0.05, 0) is 83.2 Å². The molecule has 0 saturated carbocycles. The van der Waals surface area contributed by atoms with Gasteiger partial charge < -0.3 is 24.2 Å². The summed E-state index contributed by atoms with van der Waals surface area (Å²) in [6.07, 6.45) is 22.5. The van der Waals surface area contributed by atoms with Crippen LogP contribution in [0.25, 0.3) is 0 Å². The standard InChI is InChI=1S/C39H55NO7/c1-4-5-6-7-8-9-10-11-12-13-14-15-16-17-18-19-33(42)45-28(2)37(43)46-31-22-23-39(44)32-26-29-20-21-30(27-41)35-34(29)38(39,36(31)47-35)24-25-40(32)3/h11-12,20-22,27-28,32,36,44H,4-10,13-19,23-26H2,1-3H3/b12-11-/t28-,32+,36-,38-,39+/m0/s1. The minimum Gasteiger partial charge on any atom is -0.480 e. The highest BCUT2D eigenvalue weighted by Gasteiger charge is 2.72. The van der Waals surface area contributed by atoms with Crippen molar-refractivity contribution in [3.63, 3.8) is 0 Å². The van der Waals surface area contributed by atoms with Crippen LogP contribution in [0.2, 0.25) is 0 Å². The monoisotopic (exact) mass is 649 g/mol. The number of aldehydes is 1. The largest absolute Gasteiger partial charge is 0.480 e. The van der Waals surface area contributed by atoms with Gasteiger partial charge in [0.15, 0.2) is 18.5 Å². The molecule has 47 heavy (non-hydrogen) atoms. The third kappa shape index (κ3) is 7.24. The Balaban J connectivity index is 1.05. The summed E-state index contributed by atoms with van der Waals surface area (Å²) in [6, 6.07) is 3.60. The van der Waals surface area contributed by atoms with E-state index >= 15 is 0 Å². The maximum absolute atomic E-state index is 13.2. The highest BCUT2D eigenvalue weighted by Crippen LogP contribution is 2.64. The lowest BCUT2D eigenvalue weighted by Crippen LogP contribution is -2.74. The van der Waals surface area contributed by atoms with Gasteiger partial charge in [-0.2, -0.15) is 0 Å². The first-order chi connectivity index (χ1) is 22.8.